The highest BCUT2D eigenvalue weighted by Gasteiger charge is 2.19. The van der Waals surface area contributed by atoms with Gasteiger partial charge in [0, 0.05) is 12.2 Å². The average Bonchev–Trinajstić information content (AvgIpc) is 3.42. The summed E-state index contributed by atoms with van der Waals surface area (Å²) >= 11 is 1.55. The van der Waals surface area contributed by atoms with E-state index in [1.807, 2.05) is 31.4 Å². The fraction of sp³-hybridized carbons (Fsp3) is 0.190. The van der Waals surface area contributed by atoms with Crippen LogP contribution in [0.1, 0.15) is 30.2 Å². The van der Waals surface area contributed by atoms with Crippen molar-refractivity contribution in [3.8, 4) is 10.6 Å². The summed E-state index contributed by atoms with van der Waals surface area (Å²) in [5.74, 6) is -0.692. The molecule has 0 saturated carbocycles. The number of hydrogen-bond acceptors (Lipinski definition) is 6. The van der Waals surface area contributed by atoms with Crippen LogP contribution in [0.25, 0.3) is 21.6 Å². The van der Waals surface area contributed by atoms with Gasteiger partial charge >= 0.3 is 0 Å². The van der Waals surface area contributed by atoms with Crippen molar-refractivity contribution in [1.82, 2.24) is 25.1 Å². The zero-order chi connectivity index (χ0) is 21.1. The molecule has 0 fully saturated rings. The zero-order valence-electron chi connectivity index (χ0n) is 16.5. The van der Waals surface area contributed by atoms with Crippen LogP contribution in [0, 0.1) is 0 Å². The first-order valence-electron chi connectivity index (χ1n) is 9.43. The molecule has 0 bridgehead atoms. The van der Waals surface area contributed by atoms with Crippen LogP contribution in [0.4, 0.5) is 5.69 Å². The molecule has 152 valence electrons. The number of hydrogen-bond donors (Lipinski definition) is 2. The third-order valence-corrected chi connectivity index (χ3v) is 5.32. The van der Waals surface area contributed by atoms with Crippen molar-refractivity contribution >= 4 is 39.9 Å². The SMILES string of the molecule is CC(C)n1ncc2c(C(=O)NCC(=O)Nc3cccnc3)cc(-c3cccs3)nc21. The van der Waals surface area contributed by atoms with Crippen LogP contribution in [0.3, 0.4) is 0 Å². The lowest BCUT2D eigenvalue weighted by atomic mass is 10.1. The maximum atomic E-state index is 13.0. The average molecular weight is 420 g/mol. The van der Waals surface area contributed by atoms with Gasteiger partial charge in [-0.1, -0.05) is 6.07 Å². The van der Waals surface area contributed by atoms with Crippen molar-refractivity contribution in [3.05, 3.63) is 59.9 Å². The van der Waals surface area contributed by atoms with Gasteiger partial charge < -0.3 is 10.6 Å². The first-order chi connectivity index (χ1) is 14.5. The molecule has 0 aromatic carbocycles. The molecule has 4 aromatic rings. The Morgan fingerprint density at radius 1 is 1.20 bits per heavy atom. The van der Waals surface area contributed by atoms with E-state index in [1.54, 1.807) is 52.8 Å². The second-order valence-electron chi connectivity index (χ2n) is 6.93. The largest absolute Gasteiger partial charge is 0.343 e. The number of thiophene rings is 1. The van der Waals surface area contributed by atoms with Crippen LogP contribution >= 0.6 is 11.3 Å². The predicted molar refractivity (Wildman–Crippen MR) is 116 cm³/mol. The zero-order valence-corrected chi connectivity index (χ0v) is 17.3. The lowest BCUT2D eigenvalue weighted by Crippen LogP contribution is -2.33. The molecule has 0 saturated heterocycles. The Labute approximate surface area is 177 Å². The molecule has 8 nitrogen and oxygen atoms in total. The highest BCUT2D eigenvalue weighted by Crippen LogP contribution is 2.28. The molecule has 4 rings (SSSR count). The molecule has 30 heavy (non-hydrogen) atoms. The molecule has 0 aliphatic rings. The van der Waals surface area contributed by atoms with Crippen LogP contribution in [0.15, 0.2) is 54.3 Å². The van der Waals surface area contributed by atoms with Crippen LogP contribution in [-0.2, 0) is 4.79 Å². The van der Waals surface area contributed by atoms with Gasteiger partial charge in [0.05, 0.1) is 46.1 Å². The van der Waals surface area contributed by atoms with E-state index in [1.165, 1.54) is 0 Å². The van der Waals surface area contributed by atoms with E-state index in [9.17, 15) is 9.59 Å². The van der Waals surface area contributed by atoms with E-state index in [4.69, 9.17) is 4.98 Å². The number of pyridine rings is 2. The van der Waals surface area contributed by atoms with Crippen molar-refractivity contribution < 1.29 is 9.59 Å². The first kappa shape index (κ1) is 19.7. The Bertz CT molecular complexity index is 1190. The number of nitrogens with zero attached hydrogens (tertiary/aromatic N) is 4. The predicted octanol–water partition coefficient (Wildman–Crippen LogP) is 3.50. The summed E-state index contributed by atoms with van der Waals surface area (Å²) in [6.07, 6.45) is 4.81. The third-order valence-electron chi connectivity index (χ3n) is 4.43. The Hall–Kier alpha value is -3.59. The van der Waals surface area contributed by atoms with Crippen LogP contribution in [0.2, 0.25) is 0 Å². The first-order valence-corrected chi connectivity index (χ1v) is 10.3. The number of anilines is 1. The fourth-order valence-corrected chi connectivity index (χ4v) is 3.72. The Balaban J connectivity index is 1.60. The number of nitrogens with one attached hydrogen (secondary N) is 2. The van der Waals surface area contributed by atoms with E-state index in [-0.39, 0.29) is 24.4 Å². The van der Waals surface area contributed by atoms with Gasteiger partial charge in [0.25, 0.3) is 5.91 Å². The second kappa shape index (κ2) is 8.42. The smallest absolute Gasteiger partial charge is 0.252 e. The molecule has 0 radical (unpaired) electrons. The number of carbonyl (C=O) groups excluding carboxylic acids is 2. The summed E-state index contributed by atoms with van der Waals surface area (Å²) in [6.45, 7) is 3.85. The summed E-state index contributed by atoms with van der Waals surface area (Å²) in [5, 5.41) is 12.4. The second-order valence-corrected chi connectivity index (χ2v) is 7.87. The van der Waals surface area contributed by atoms with Gasteiger partial charge in [0.1, 0.15) is 0 Å². The van der Waals surface area contributed by atoms with Crippen molar-refractivity contribution in [1.29, 1.82) is 0 Å². The van der Waals surface area contributed by atoms with Gasteiger partial charge in [-0.25, -0.2) is 9.67 Å². The molecule has 0 aliphatic carbocycles. The van der Waals surface area contributed by atoms with Crippen molar-refractivity contribution in [2.45, 2.75) is 19.9 Å². The quantitative estimate of drug-likeness (QED) is 0.497. The van der Waals surface area contributed by atoms with Gasteiger partial charge in [-0.15, -0.1) is 11.3 Å². The van der Waals surface area contributed by atoms with E-state index in [2.05, 4.69) is 20.7 Å². The number of carbonyl (C=O) groups is 2. The monoisotopic (exact) mass is 420 g/mol. The highest BCUT2D eigenvalue weighted by molar-refractivity contribution is 7.13. The molecule has 0 unspecified atom stereocenters. The molecule has 2 amide bonds. The molecule has 0 atom stereocenters. The number of rotatable bonds is 6. The minimum atomic E-state index is -0.357. The molecule has 0 spiro atoms. The summed E-state index contributed by atoms with van der Waals surface area (Å²) in [6, 6.07) is 9.18. The highest BCUT2D eigenvalue weighted by atomic mass is 32.1. The number of aromatic nitrogens is 4. The molecule has 9 heteroatoms. The topological polar surface area (TPSA) is 102 Å². The number of fused-ring (bicyclic) bond motifs is 1. The van der Waals surface area contributed by atoms with E-state index in [0.717, 1.165) is 4.88 Å². The minimum Gasteiger partial charge on any atom is -0.343 e. The van der Waals surface area contributed by atoms with E-state index in [0.29, 0.717) is 28.0 Å². The van der Waals surface area contributed by atoms with Crippen LogP contribution in [0.5, 0.6) is 0 Å². The normalized spacial score (nSPS) is 11.0. The van der Waals surface area contributed by atoms with Gasteiger partial charge in [0.2, 0.25) is 5.91 Å². The maximum Gasteiger partial charge on any atom is 0.252 e. The van der Waals surface area contributed by atoms with Crippen LogP contribution in [-0.4, -0.2) is 38.1 Å². The molecule has 2 N–H and O–H groups in total. The molecule has 0 aliphatic heterocycles. The van der Waals surface area contributed by atoms with Gasteiger partial charge in [0.15, 0.2) is 5.65 Å². The van der Waals surface area contributed by atoms with Crippen molar-refractivity contribution in [2.75, 3.05) is 11.9 Å². The molecule has 4 heterocycles. The van der Waals surface area contributed by atoms with Crippen molar-refractivity contribution in [2.24, 2.45) is 0 Å². The van der Waals surface area contributed by atoms with E-state index >= 15 is 0 Å². The fourth-order valence-electron chi connectivity index (χ4n) is 3.03. The van der Waals surface area contributed by atoms with Gasteiger partial charge in [-0.05, 0) is 43.5 Å². The molecule has 4 aromatic heterocycles. The lowest BCUT2D eigenvalue weighted by molar-refractivity contribution is -0.115. The van der Waals surface area contributed by atoms with Crippen molar-refractivity contribution in [3.63, 3.8) is 0 Å². The molecular formula is C21H20N6O2S. The summed E-state index contributed by atoms with van der Waals surface area (Å²) in [5.41, 5.74) is 2.34. The van der Waals surface area contributed by atoms with Gasteiger partial charge in [-0.3, -0.25) is 14.6 Å². The maximum absolute atomic E-state index is 13.0. The summed E-state index contributed by atoms with van der Waals surface area (Å²) in [7, 11) is 0. The van der Waals surface area contributed by atoms with Crippen LogP contribution < -0.4 is 10.6 Å². The summed E-state index contributed by atoms with van der Waals surface area (Å²) in [4.78, 5) is 34.8. The van der Waals surface area contributed by atoms with Gasteiger partial charge in [-0.2, -0.15) is 5.10 Å². The Morgan fingerprint density at radius 2 is 2.07 bits per heavy atom. The third kappa shape index (κ3) is 4.06. The standard InChI is InChI=1S/C21H20N6O2S/c1-13(2)27-20-16(11-24-27)15(9-17(26-20)18-6-4-8-30-18)21(29)23-12-19(28)25-14-5-3-7-22-10-14/h3-11,13H,12H2,1-2H3,(H,23,29)(H,25,28). The Morgan fingerprint density at radius 3 is 2.77 bits per heavy atom. The molecular weight excluding hydrogens is 400 g/mol. The Kier molecular flexibility index (Phi) is 5.53. The number of amides is 2. The minimum absolute atomic E-state index is 0.0924. The summed E-state index contributed by atoms with van der Waals surface area (Å²) < 4.78 is 1.79. The lowest BCUT2D eigenvalue weighted by Gasteiger charge is -2.10. The van der Waals surface area contributed by atoms with E-state index < -0.39 is 0 Å².